The Morgan fingerprint density at radius 3 is 1.00 bits per heavy atom. The minimum atomic E-state index is -1.18. The minimum Gasteiger partial charge on any atom is -0.480 e. The number of carboxylic acids is 3. The third-order valence-electron chi connectivity index (χ3n) is 2.65. The molecule has 12 nitrogen and oxygen atoms in total. The van der Waals surface area contributed by atoms with Crippen LogP contribution in [0.25, 0.3) is 0 Å². The fourth-order valence-electron chi connectivity index (χ4n) is 1.02. The summed E-state index contributed by atoms with van der Waals surface area (Å²) in [4.78, 5) is 29.8. The van der Waals surface area contributed by atoms with Crippen molar-refractivity contribution in [2.45, 2.75) is 64.4 Å². The van der Waals surface area contributed by atoms with Crippen LogP contribution >= 0.6 is 0 Å². The number of hydrogen-bond acceptors (Lipinski definition) is 9. The van der Waals surface area contributed by atoms with E-state index in [0.29, 0.717) is 12.3 Å². The van der Waals surface area contributed by atoms with Crippen LogP contribution < -0.4 is 17.2 Å². The van der Waals surface area contributed by atoms with Crippen LogP contribution in [0.15, 0.2) is 0 Å². The highest BCUT2D eigenvalue weighted by Gasteiger charge is 2.16. The SMILES string of the molecule is CC(C)C[C@H](N)C(=O)O.CO.C[C@@H](O)[C@H](N)C(=O)O.C[C@@H](O)[C@H](N)C(=O)O. The van der Waals surface area contributed by atoms with Crippen molar-refractivity contribution in [3.63, 3.8) is 0 Å². The second kappa shape index (κ2) is 18.9. The molecule has 0 rings (SSSR count). The van der Waals surface area contributed by atoms with Crippen LogP contribution in [-0.2, 0) is 14.4 Å². The van der Waals surface area contributed by atoms with Crippen molar-refractivity contribution in [3.8, 4) is 0 Å². The van der Waals surface area contributed by atoms with Crippen LogP contribution in [0.3, 0.4) is 0 Å². The third kappa shape index (κ3) is 24.2. The van der Waals surface area contributed by atoms with Gasteiger partial charge in [-0.3, -0.25) is 14.4 Å². The van der Waals surface area contributed by atoms with Crippen molar-refractivity contribution < 1.29 is 45.0 Å². The number of aliphatic hydroxyl groups excluding tert-OH is 3. The highest BCUT2D eigenvalue weighted by molar-refractivity contribution is 5.74. The van der Waals surface area contributed by atoms with Gasteiger partial charge >= 0.3 is 17.9 Å². The van der Waals surface area contributed by atoms with Crippen LogP contribution in [0.4, 0.5) is 0 Å². The summed E-state index contributed by atoms with van der Waals surface area (Å²) in [6.07, 6.45) is -1.41. The molecule has 0 spiro atoms. The number of aliphatic carboxylic acids is 3. The summed E-state index contributed by atoms with van der Waals surface area (Å²) >= 11 is 0. The van der Waals surface area contributed by atoms with Gasteiger partial charge < -0.3 is 47.8 Å². The number of rotatable bonds is 7. The summed E-state index contributed by atoms with van der Waals surface area (Å²) in [5.41, 5.74) is 15.0. The van der Waals surface area contributed by atoms with Gasteiger partial charge in [-0.25, -0.2) is 0 Å². The maximum Gasteiger partial charge on any atom is 0.323 e. The van der Waals surface area contributed by atoms with Gasteiger partial charge in [-0.2, -0.15) is 0 Å². The van der Waals surface area contributed by atoms with Crippen LogP contribution in [0.1, 0.15) is 34.1 Å². The molecule has 0 bridgehead atoms. The maximum atomic E-state index is 10.1. The number of aliphatic hydroxyl groups is 3. The summed E-state index contributed by atoms with van der Waals surface area (Å²) in [6, 6.07) is -3.00. The van der Waals surface area contributed by atoms with E-state index in [1.165, 1.54) is 13.8 Å². The normalized spacial score (nSPS) is 15.1. The lowest BCUT2D eigenvalue weighted by atomic mass is 10.1. The van der Waals surface area contributed by atoms with E-state index >= 15 is 0 Å². The average Bonchev–Trinajstić information content (AvgIpc) is 2.55. The standard InChI is InChI=1S/C6H13NO2.2C4H9NO3.CH4O/c1-4(2)3-5(7)6(8)9;2*1-2(6)3(5)4(7)8;1-2/h4-5H,3,7H2,1-2H3,(H,8,9);2*2-3,6H,5H2,1H3,(H,7,8);2H,1H3/t5-;2*2-,3+;/m011./s1. The molecule has 0 aliphatic heterocycles. The fourth-order valence-corrected chi connectivity index (χ4v) is 1.02. The third-order valence-corrected chi connectivity index (χ3v) is 2.65. The van der Waals surface area contributed by atoms with Gasteiger partial charge in [0.05, 0.1) is 12.2 Å². The first-order valence-corrected chi connectivity index (χ1v) is 7.91. The molecule has 12 heteroatoms. The summed E-state index contributed by atoms with van der Waals surface area (Å²) < 4.78 is 0. The zero-order valence-corrected chi connectivity index (χ0v) is 16.3. The molecule has 0 fully saturated rings. The molecule has 164 valence electrons. The predicted octanol–water partition coefficient (Wildman–Crippen LogP) is -2.39. The Labute approximate surface area is 158 Å². The fraction of sp³-hybridized carbons (Fsp3) is 0.800. The lowest BCUT2D eigenvalue weighted by Crippen LogP contribution is -2.39. The average molecular weight is 401 g/mol. The van der Waals surface area contributed by atoms with Crippen LogP contribution in [0, 0.1) is 5.92 Å². The second-order valence-corrected chi connectivity index (χ2v) is 5.78. The summed E-state index contributed by atoms with van der Waals surface area (Å²) in [5.74, 6) is -2.92. The van der Waals surface area contributed by atoms with E-state index in [1.807, 2.05) is 13.8 Å². The van der Waals surface area contributed by atoms with Gasteiger partial charge in [0.2, 0.25) is 0 Å². The molecular weight excluding hydrogens is 366 g/mol. The molecule has 0 aliphatic rings. The van der Waals surface area contributed by atoms with Crippen LogP contribution in [0.2, 0.25) is 0 Å². The van der Waals surface area contributed by atoms with Crippen molar-refractivity contribution in [2.24, 2.45) is 23.1 Å². The first-order valence-electron chi connectivity index (χ1n) is 7.91. The lowest BCUT2D eigenvalue weighted by Gasteiger charge is -2.07. The molecule has 0 aromatic carbocycles. The van der Waals surface area contributed by atoms with Crippen molar-refractivity contribution >= 4 is 17.9 Å². The van der Waals surface area contributed by atoms with Crippen molar-refractivity contribution in [2.75, 3.05) is 7.11 Å². The van der Waals surface area contributed by atoms with E-state index in [2.05, 4.69) is 0 Å². The highest BCUT2D eigenvalue weighted by Crippen LogP contribution is 2.01. The lowest BCUT2D eigenvalue weighted by molar-refractivity contribution is -0.141. The van der Waals surface area contributed by atoms with Crippen LogP contribution in [-0.4, -0.2) is 86.0 Å². The van der Waals surface area contributed by atoms with Gasteiger partial charge in [0.15, 0.2) is 0 Å². The van der Waals surface area contributed by atoms with Gasteiger partial charge in [0.25, 0.3) is 0 Å². The Bertz CT molecular complexity index is 380. The largest absolute Gasteiger partial charge is 0.480 e. The first kappa shape index (κ1) is 32.8. The topological polar surface area (TPSA) is 251 Å². The zero-order chi connectivity index (χ0) is 22.9. The van der Waals surface area contributed by atoms with Gasteiger partial charge in [0.1, 0.15) is 18.1 Å². The summed E-state index contributed by atoms with van der Waals surface area (Å²) in [6.45, 7) is 6.56. The first-order chi connectivity index (χ1) is 12.1. The van der Waals surface area contributed by atoms with Gasteiger partial charge in [-0.05, 0) is 26.2 Å². The highest BCUT2D eigenvalue weighted by atomic mass is 16.4. The smallest absolute Gasteiger partial charge is 0.323 e. The molecule has 5 atom stereocenters. The Morgan fingerprint density at radius 2 is 0.963 bits per heavy atom. The number of carboxylic acid groups (broad SMARTS) is 3. The molecule has 0 aromatic rings. The number of hydrogen-bond donors (Lipinski definition) is 9. The van der Waals surface area contributed by atoms with Gasteiger partial charge in [-0.15, -0.1) is 0 Å². The monoisotopic (exact) mass is 401 g/mol. The molecule has 12 N–H and O–H groups in total. The molecule has 0 aromatic heterocycles. The van der Waals surface area contributed by atoms with Crippen molar-refractivity contribution in [1.29, 1.82) is 0 Å². The molecule has 27 heavy (non-hydrogen) atoms. The van der Waals surface area contributed by atoms with E-state index in [0.717, 1.165) is 7.11 Å². The number of nitrogens with two attached hydrogens (primary N) is 3. The maximum absolute atomic E-state index is 10.1. The van der Waals surface area contributed by atoms with Gasteiger partial charge in [0, 0.05) is 7.11 Å². The van der Waals surface area contributed by atoms with E-state index < -0.39 is 48.2 Å². The van der Waals surface area contributed by atoms with E-state index in [4.69, 9.17) is 47.8 Å². The molecule has 0 saturated heterocycles. The Kier molecular flexibility index (Phi) is 23.0. The summed E-state index contributed by atoms with van der Waals surface area (Å²) in [5, 5.41) is 48.4. The molecule has 0 heterocycles. The van der Waals surface area contributed by atoms with Crippen LogP contribution in [0.5, 0.6) is 0 Å². The molecule has 0 unspecified atom stereocenters. The predicted molar refractivity (Wildman–Crippen MR) is 97.8 cm³/mol. The minimum absolute atomic E-state index is 0.357. The Balaban J connectivity index is -0.000000140. The molecular formula is C15H35N3O9. The Morgan fingerprint density at radius 1 is 0.704 bits per heavy atom. The molecule has 0 aliphatic carbocycles. The van der Waals surface area contributed by atoms with Crippen molar-refractivity contribution in [1.82, 2.24) is 0 Å². The van der Waals surface area contributed by atoms with E-state index in [-0.39, 0.29) is 0 Å². The second-order valence-electron chi connectivity index (χ2n) is 5.78. The summed E-state index contributed by atoms with van der Waals surface area (Å²) in [7, 11) is 1.00. The van der Waals surface area contributed by atoms with E-state index in [9.17, 15) is 14.4 Å². The molecule has 0 saturated carbocycles. The quantitative estimate of drug-likeness (QED) is 0.217. The molecule has 0 radical (unpaired) electrons. The Hall–Kier alpha value is -1.83. The van der Waals surface area contributed by atoms with Gasteiger partial charge in [-0.1, -0.05) is 13.8 Å². The zero-order valence-electron chi connectivity index (χ0n) is 16.3. The van der Waals surface area contributed by atoms with E-state index in [1.54, 1.807) is 0 Å². The van der Waals surface area contributed by atoms with Crippen molar-refractivity contribution in [3.05, 3.63) is 0 Å². The number of carbonyl (C=O) groups is 3. The molecule has 0 amide bonds.